The van der Waals surface area contributed by atoms with Crippen molar-refractivity contribution in [2.24, 2.45) is 5.73 Å². The van der Waals surface area contributed by atoms with Gasteiger partial charge in [0, 0.05) is 6.54 Å². The molecule has 2 N–H and O–H groups in total. The second-order valence-corrected chi connectivity index (χ2v) is 5.70. The first-order valence-corrected chi connectivity index (χ1v) is 7.66. The molecule has 1 fully saturated rings. The lowest BCUT2D eigenvalue weighted by molar-refractivity contribution is -0.133. The van der Waals surface area contributed by atoms with Crippen LogP contribution in [0.5, 0.6) is 11.5 Å². The summed E-state index contributed by atoms with van der Waals surface area (Å²) in [6, 6.07) is 5.66. The van der Waals surface area contributed by atoms with Gasteiger partial charge in [-0.05, 0) is 37.0 Å². The molecule has 3 rings (SSSR count). The third-order valence-corrected chi connectivity index (χ3v) is 4.23. The topological polar surface area (TPSA) is 64.8 Å². The molecule has 0 saturated carbocycles. The number of benzene rings is 1. The second-order valence-electron chi connectivity index (χ2n) is 5.70. The number of likely N-dealkylation sites (tertiary alicyclic amines) is 1. The first-order valence-electron chi connectivity index (χ1n) is 7.66. The standard InChI is InChI=1S/C16H22N2O3.ClH/c1-2-4-12(17)16(19)18-8-3-5-13(18)11-6-7-14-15(9-11)21-10-20-14;/h6-7,9,12-13H,2-5,8,10,17H2,1H3;1H. The van der Waals surface area contributed by atoms with Gasteiger partial charge in [-0.15, -0.1) is 12.4 Å². The van der Waals surface area contributed by atoms with Crippen molar-refractivity contribution in [2.45, 2.75) is 44.7 Å². The molecule has 0 bridgehead atoms. The van der Waals surface area contributed by atoms with Crippen molar-refractivity contribution in [1.29, 1.82) is 0 Å². The second kappa shape index (κ2) is 7.20. The van der Waals surface area contributed by atoms with E-state index >= 15 is 0 Å². The van der Waals surface area contributed by atoms with E-state index in [2.05, 4.69) is 0 Å². The van der Waals surface area contributed by atoms with Crippen molar-refractivity contribution < 1.29 is 14.3 Å². The van der Waals surface area contributed by atoms with E-state index in [0.717, 1.165) is 49.3 Å². The number of nitrogens with zero attached hydrogens (tertiary/aromatic N) is 1. The van der Waals surface area contributed by atoms with E-state index in [1.807, 2.05) is 30.0 Å². The maximum atomic E-state index is 12.5. The normalized spacial score (nSPS) is 20.6. The van der Waals surface area contributed by atoms with E-state index in [4.69, 9.17) is 15.2 Å². The number of ether oxygens (including phenoxy) is 2. The average Bonchev–Trinajstić information content (AvgIpc) is 3.14. The Morgan fingerprint density at radius 2 is 2.18 bits per heavy atom. The fourth-order valence-corrected chi connectivity index (χ4v) is 3.14. The first kappa shape index (κ1) is 16.9. The zero-order valence-electron chi connectivity index (χ0n) is 12.8. The van der Waals surface area contributed by atoms with Gasteiger partial charge in [0.1, 0.15) is 0 Å². The van der Waals surface area contributed by atoms with Gasteiger partial charge in [-0.1, -0.05) is 19.4 Å². The molecule has 2 heterocycles. The molecule has 22 heavy (non-hydrogen) atoms. The summed E-state index contributed by atoms with van der Waals surface area (Å²) >= 11 is 0. The van der Waals surface area contributed by atoms with Crippen LogP contribution in [-0.2, 0) is 4.79 Å². The van der Waals surface area contributed by atoms with Crippen LogP contribution in [-0.4, -0.2) is 30.2 Å². The van der Waals surface area contributed by atoms with Gasteiger partial charge in [-0.3, -0.25) is 4.79 Å². The summed E-state index contributed by atoms with van der Waals surface area (Å²) in [6.07, 6.45) is 3.66. The Hall–Kier alpha value is -1.46. The number of nitrogens with two attached hydrogens (primary N) is 1. The Bertz CT molecular complexity index is 538. The minimum atomic E-state index is -0.385. The molecule has 2 atom stereocenters. The highest BCUT2D eigenvalue weighted by Gasteiger charge is 2.33. The molecule has 1 saturated heterocycles. The van der Waals surface area contributed by atoms with E-state index in [0.29, 0.717) is 0 Å². The lowest BCUT2D eigenvalue weighted by Crippen LogP contribution is -2.43. The maximum Gasteiger partial charge on any atom is 0.239 e. The molecule has 0 radical (unpaired) electrons. The summed E-state index contributed by atoms with van der Waals surface area (Å²) in [5, 5.41) is 0. The monoisotopic (exact) mass is 326 g/mol. The van der Waals surface area contributed by atoms with Gasteiger partial charge in [-0.25, -0.2) is 0 Å². The number of amides is 1. The van der Waals surface area contributed by atoms with E-state index < -0.39 is 0 Å². The van der Waals surface area contributed by atoms with Gasteiger partial charge >= 0.3 is 0 Å². The zero-order valence-corrected chi connectivity index (χ0v) is 13.6. The first-order chi connectivity index (χ1) is 10.2. The van der Waals surface area contributed by atoms with Gasteiger partial charge in [0.25, 0.3) is 0 Å². The van der Waals surface area contributed by atoms with Crippen LogP contribution in [0.15, 0.2) is 18.2 Å². The lowest BCUT2D eigenvalue weighted by atomic mass is 10.0. The van der Waals surface area contributed by atoms with Crippen molar-refractivity contribution in [3.8, 4) is 11.5 Å². The molecular weight excluding hydrogens is 304 g/mol. The van der Waals surface area contributed by atoms with Crippen molar-refractivity contribution in [2.75, 3.05) is 13.3 Å². The Labute approximate surface area is 137 Å². The number of carbonyl (C=O) groups is 1. The van der Waals surface area contributed by atoms with Gasteiger partial charge in [0.15, 0.2) is 11.5 Å². The number of hydrogen-bond donors (Lipinski definition) is 1. The fourth-order valence-electron chi connectivity index (χ4n) is 3.14. The number of halogens is 1. The van der Waals surface area contributed by atoms with Crippen LogP contribution < -0.4 is 15.2 Å². The van der Waals surface area contributed by atoms with Crippen LogP contribution in [0.4, 0.5) is 0 Å². The number of hydrogen-bond acceptors (Lipinski definition) is 4. The zero-order chi connectivity index (χ0) is 14.8. The number of rotatable bonds is 4. The maximum absolute atomic E-state index is 12.5. The molecule has 2 unspecified atom stereocenters. The molecule has 1 amide bonds. The van der Waals surface area contributed by atoms with Gasteiger partial charge in [-0.2, -0.15) is 0 Å². The number of fused-ring (bicyclic) bond motifs is 1. The minimum absolute atomic E-state index is 0. The molecule has 0 aromatic heterocycles. The highest BCUT2D eigenvalue weighted by molar-refractivity contribution is 5.85. The van der Waals surface area contributed by atoms with Crippen LogP contribution in [0.3, 0.4) is 0 Å². The van der Waals surface area contributed by atoms with E-state index in [-0.39, 0.29) is 37.2 Å². The van der Waals surface area contributed by atoms with Crippen LogP contribution in [0.1, 0.15) is 44.2 Å². The summed E-state index contributed by atoms with van der Waals surface area (Å²) < 4.78 is 10.8. The summed E-state index contributed by atoms with van der Waals surface area (Å²) in [5.41, 5.74) is 7.11. The van der Waals surface area contributed by atoms with Crippen molar-refractivity contribution in [1.82, 2.24) is 4.90 Å². The average molecular weight is 327 g/mol. The molecule has 2 aliphatic rings. The molecule has 0 aliphatic carbocycles. The lowest BCUT2D eigenvalue weighted by Gasteiger charge is -2.27. The van der Waals surface area contributed by atoms with E-state index in [9.17, 15) is 4.79 Å². The van der Waals surface area contributed by atoms with Crippen molar-refractivity contribution in [3.05, 3.63) is 23.8 Å². The highest BCUT2D eigenvalue weighted by atomic mass is 35.5. The Kier molecular flexibility index (Phi) is 5.53. The molecule has 1 aromatic carbocycles. The Balaban J connectivity index is 0.00000176. The van der Waals surface area contributed by atoms with Crippen molar-refractivity contribution >= 4 is 18.3 Å². The molecule has 122 valence electrons. The van der Waals surface area contributed by atoms with Crippen LogP contribution in [0.25, 0.3) is 0 Å². The third-order valence-electron chi connectivity index (χ3n) is 4.23. The highest BCUT2D eigenvalue weighted by Crippen LogP contribution is 2.39. The molecule has 5 nitrogen and oxygen atoms in total. The summed E-state index contributed by atoms with van der Waals surface area (Å²) in [7, 11) is 0. The fraction of sp³-hybridized carbons (Fsp3) is 0.562. The summed E-state index contributed by atoms with van der Waals surface area (Å²) in [6.45, 7) is 3.11. The van der Waals surface area contributed by atoms with Crippen LogP contribution in [0, 0.1) is 0 Å². The third kappa shape index (κ3) is 3.15. The molecular formula is C16H23ClN2O3. The largest absolute Gasteiger partial charge is 0.454 e. The summed E-state index contributed by atoms with van der Waals surface area (Å²) in [4.78, 5) is 14.4. The predicted molar refractivity (Wildman–Crippen MR) is 86.4 cm³/mol. The Morgan fingerprint density at radius 3 is 2.95 bits per heavy atom. The van der Waals surface area contributed by atoms with Gasteiger partial charge < -0.3 is 20.1 Å². The molecule has 6 heteroatoms. The molecule has 2 aliphatic heterocycles. The van der Waals surface area contributed by atoms with Crippen LogP contribution in [0.2, 0.25) is 0 Å². The minimum Gasteiger partial charge on any atom is -0.454 e. The van der Waals surface area contributed by atoms with Crippen molar-refractivity contribution in [3.63, 3.8) is 0 Å². The molecule has 0 spiro atoms. The van der Waals surface area contributed by atoms with Gasteiger partial charge in [0.05, 0.1) is 12.1 Å². The Morgan fingerprint density at radius 1 is 1.41 bits per heavy atom. The smallest absolute Gasteiger partial charge is 0.239 e. The van der Waals surface area contributed by atoms with Crippen LogP contribution >= 0.6 is 12.4 Å². The quantitative estimate of drug-likeness (QED) is 0.923. The molecule has 1 aromatic rings. The number of carbonyl (C=O) groups excluding carboxylic acids is 1. The van der Waals surface area contributed by atoms with Gasteiger partial charge in [0.2, 0.25) is 12.7 Å². The summed E-state index contributed by atoms with van der Waals surface area (Å²) in [5.74, 6) is 1.61. The van der Waals surface area contributed by atoms with E-state index in [1.165, 1.54) is 0 Å². The van der Waals surface area contributed by atoms with E-state index in [1.54, 1.807) is 0 Å². The predicted octanol–water partition coefficient (Wildman–Crippen LogP) is 2.63. The SMILES string of the molecule is CCCC(N)C(=O)N1CCCC1c1ccc2c(c1)OCO2.Cl.